The number of benzene rings is 1. The Morgan fingerprint density at radius 3 is 2.77 bits per heavy atom. The molecule has 1 rings (SSSR count). The number of rotatable bonds is 1. The first-order valence-corrected chi connectivity index (χ1v) is 4.43. The molecule has 0 aromatic heterocycles. The highest BCUT2D eigenvalue weighted by Crippen LogP contribution is 2.30. The molecule has 2 nitrogen and oxygen atoms in total. The fourth-order valence-corrected chi connectivity index (χ4v) is 1.30. The van der Waals surface area contributed by atoms with Gasteiger partial charge in [-0.05, 0) is 35.0 Å². The van der Waals surface area contributed by atoms with E-state index in [2.05, 4.69) is 15.9 Å². The van der Waals surface area contributed by atoms with Gasteiger partial charge >= 0.3 is 0 Å². The average molecular weight is 244 g/mol. The van der Waals surface area contributed by atoms with Crippen LogP contribution in [-0.4, -0.2) is 5.11 Å². The molecule has 0 spiro atoms. The molecule has 0 saturated heterocycles. The second-order valence-electron chi connectivity index (χ2n) is 2.68. The van der Waals surface area contributed by atoms with Crippen LogP contribution in [0.25, 0.3) is 0 Å². The van der Waals surface area contributed by atoms with Gasteiger partial charge in [0.25, 0.3) is 0 Å². The molecule has 68 valence electrons. The Hall–Kier alpha value is -1.08. The van der Waals surface area contributed by atoms with Crippen molar-refractivity contribution in [2.75, 3.05) is 0 Å². The number of aromatic hydroxyl groups is 1. The molecule has 0 aliphatic carbocycles. The third-order valence-electron chi connectivity index (χ3n) is 1.73. The van der Waals surface area contributed by atoms with E-state index in [0.717, 1.165) is 6.07 Å². The summed E-state index contributed by atoms with van der Waals surface area (Å²) in [5.41, 5.74) is 0.309. The van der Waals surface area contributed by atoms with Crippen molar-refractivity contribution in [3.63, 3.8) is 0 Å². The SMILES string of the molecule is CC(C#N)c1cc(F)c(Br)cc1O. The Labute approximate surface area is 83.7 Å². The quantitative estimate of drug-likeness (QED) is 0.825. The van der Waals surface area contributed by atoms with Gasteiger partial charge in [-0.2, -0.15) is 5.26 Å². The van der Waals surface area contributed by atoms with E-state index < -0.39 is 11.7 Å². The van der Waals surface area contributed by atoms with Crippen LogP contribution >= 0.6 is 15.9 Å². The maximum Gasteiger partial charge on any atom is 0.137 e. The maximum absolute atomic E-state index is 13.0. The molecular formula is C9H7BrFNO. The van der Waals surface area contributed by atoms with Crippen LogP contribution in [-0.2, 0) is 0 Å². The van der Waals surface area contributed by atoms with Gasteiger partial charge < -0.3 is 5.11 Å². The monoisotopic (exact) mass is 243 g/mol. The van der Waals surface area contributed by atoms with E-state index >= 15 is 0 Å². The summed E-state index contributed by atoms with van der Waals surface area (Å²) in [6.07, 6.45) is 0. The van der Waals surface area contributed by atoms with Crippen LogP contribution in [0.2, 0.25) is 0 Å². The lowest BCUT2D eigenvalue weighted by atomic mass is 10.0. The molecule has 0 saturated carbocycles. The number of hydrogen-bond acceptors (Lipinski definition) is 2. The van der Waals surface area contributed by atoms with E-state index in [1.165, 1.54) is 6.07 Å². The van der Waals surface area contributed by atoms with E-state index in [4.69, 9.17) is 5.26 Å². The fourth-order valence-electron chi connectivity index (χ4n) is 0.968. The fraction of sp³-hybridized carbons (Fsp3) is 0.222. The lowest BCUT2D eigenvalue weighted by molar-refractivity contribution is 0.463. The van der Waals surface area contributed by atoms with Crippen molar-refractivity contribution >= 4 is 15.9 Å². The predicted molar refractivity (Wildman–Crippen MR) is 49.8 cm³/mol. The minimum Gasteiger partial charge on any atom is -0.508 e. The van der Waals surface area contributed by atoms with Gasteiger partial charge in [0.15, 0.2) is 0 Å². The largest absolute Gasteiger partial charge is 0.508 e. The van der Waals surface area contributed by atoms with E-state index in [-0.39, 0.29) is 10.2 Å². The predicted octanol–water partition coefficient (Wildman–Crippen LogP) is 2.92. The Morgan fingerprint density at radius 1 is 1.62 bits per heavy atom. The zero-order valence-corrected chi connectivity index (χ0v) is 8.47. The van der Waals surface area contributed by atoms with Crippen LogP contribution in [0.15, 0.2) is 16.6 Å². The van der Waals surface area contributed by atoms with Gasteiger partial charge in [-0.3, -0.25) is 0 Å². The van der Waals surface area contributed by atoms with E-state index in [0.29, 0.717) is 5.56 Å². The van der Waals surface area contributed by atoms with Crippen LogP contribution in [0.5, 0.6) is 5.75 Å². The molecule has 0 heterocycles. The Morgan fingerprint density at radius 2 is 2.23 bits per heavy atom. The Balaban J connectivity index is 3.25. The molecule has 0 aliphatic rings. The summed E-state index contributed by atoms with van der Waals surface area (Å²) in [6, 6.07) is 4.34. The molecule has 4 heteroatoms. The highest BCUT2D eigenvalue weighted by atomic mass is 79.9. The van der Waals surface area contributed by atoms with Crippen molar-refractivity contribution in [3.8, 4) is 11.8 Å². The summed E-state index contributed by atoms with van der Waals surface area (Å²) < 4.78 is 13.2. The summed E-state index contributed by atoms with van der Waals surface area (Å²) in [4.78, 5) is 0. The molecule has 1 aromatic rings. The van der Waals surface area contributed by atoms with Crippen molar-refractivity contribution < 1.29 is 9.50 Å². The third-order valence-corrected chi connectivity index (χ3v) is 2.34. The van der Waals surface area contributed by atoms with Crippen molar-refractivity contribution in [3.05, 3.63) is 28.0 Å². The number of nitrogens with zero attached hydrogens (tertiary/aromatic N) is 1. The van der Waals surface area contributed by atoms with E-state index in [9.17, 15) is 9.50 Å². The third kappa shape index (κ3) is 1.99. The normalized spacial score (nSPS) is 12.2. The van der Waals surface area contributed by atoms with Crippen LogP contribution in [0, 0.1) is 17.1 Å². The van der Waals surface area contributed by atoms with Crippen molar-refractivity contribution in [1.29, 1.82) is 5.26 Å². The maximum atomic E-state index is 13.0. The number of phenolic OH excluding ortho intramolecular Hbond substituents is 1. The van der Waals surface area contributed by atoms with Gasteiger partial charge in [0.05, 0.1) is 16.5 Å². The molecule has 0 fully saturated rings. The second-order valence-corrected chi connectivity index (χ2v) is 3.53. The molecule has 1 atom stereocenters. The van der Waals surface area contributed by atoms with E-state index in [1.54, 1.807) is 6.92 Å². The first-order valence-electron chi connectivity index (χ1n) is 3.63. The second kappa shape index (κ2) is 3.75. The topological polar surface area (TPSA) is 44.0 Å². The average Bonchev–Trinajstić information content (AvgIpc) is 2.10. The standard InChI is InChI=1S/C9H7BrFNO/c1-5(4-12)6-2-8(11)7(10)3-9(6)13/h2-3,5,13H,1H3. The van der Waals surface area contributed by atoms with Crippen molar-refractivity contribution in [2.24, 2.45) is 0 Å². The summed E-state index contributed by atoms with van der Waals surface area (Å²) in [5, 5.41) is 17.9. The molecule has 0 radical (unpaired) electrons. The lowest BCUT2D eigenvalue weighted by Crippen LogP contribution is -1.92. The van der Waals surface area contributed by atoms with Gasteiger partial charge in [0.2, 0.25) is 0 Å². The highest BCUT2D eigenvalue weighted by molar-refractivity contribution is 9.10. The van der Waals surface area contributed by atoms with Crippen LogP contribution in [0.3, 0.4) is 0 Å². The van der Waals surface area contributed by atoms with Gasteiger partial charge in [-0.25, -0.2) is 4.39 Å². The molecule has 13 heavy (non-hydrogen) atoms. The summed E-state index contributed by atoms with van der Waals surface area (Å²) in [6.45, 7) is 1.60. The van der Waals surface area contributed by atoms with Gasteiger partial charge in [-0.1, -0.05) is 0 Å². The minimum absolute atomic E-state index is 0.0673. The first-order chi connectivity index (χ1) is 6.06. The van der Waals surface area contributed by atoms with Gasteiger partial charge in [0.1, 0.15) is 11.6 Å². The molecular weight excluding hydrogens is 237 g/mol. The summed E-state index contributed by atoms with van der Waals surface area (Å²) in [5.74, 6) is -1.06. The smallest absolute Gasteiger partial charge is 0.137 e. The Bertz CT molecular complexity index is 373. The Kier molecular flexibility index (Phi) is 2.89. The first kappa shape index (κ1) is 10.0. The van der Waals surface area contributed by atoms with Crippen molar-refractivity contribution in [1.82, 2.24) is 0 Å². The van der Waals surface area contributed by atoms with Crippen LogP contribution in [0.4, 0.5) is 4.39 Å². The molecule has 0 bridgehead atoms. The van der Waals surface area contributed by atoms with Gasteiger partial charge in [-0.15, -0.1) is 0 Å². The molecule has 0 amide bonds. The van der Waals surface area contributed by atoms with E-state index in [1.807, 2.05) is 6.07 Å². The molecule has 1 aromatic carbocycles. The molecule has 1 unspecified atom stereocenters. The number of halogens is 2. The minimum atomic E-state index is -0.511. The molecule has 0 aliphatic heterocycles. The summed E-state index contributed by atoms with van der Waals surface area (Å²) in [7, 11) is 0. The summed E-state index contributed by atoms with van der Waals surface area (Å²) >= 11 is 2.93. The highest BCUT2D eigenvalue weighted by Gasteiger charge is 2.12. The lowest BCUT2D eigenvalue weighted by Gasteiger charge is -2.06. The number of hydrogen-bond donors (Lipinski definition) is 1. The number of nitriles is 1. The zero-order valence-electron chi connectivity index (χ0n) is 6.88. The zero-order chi connectivity index (χ0) is 10.0. The number of phenols is 1. The molecule has 1 N–H and O–H groups in total. The van der Waals surface area contributed by atoms with Crippen LogP contribution in [0.1, 0.15) is 18.4 Å². The van der Waals surface area contributed by atoms with Crippen molar-refractivity contribution in [2.45, 2.75) is 12.8 Å². The van der Waals surface area contributed by atoms with Crippen LogP contribution < -0.4 is 0 Å². The van der Waals surface area contributed by atoms with Gasteiger partial charge in [0, 0.05) is 5.56 Å².